The van der Waals surface area contributed by atoms with Crippen LogP contribution < -0.4 is 4.74 Å². The third-order valence-electron chi connectivity index (χ3n) is 2.53. The van der Waals surface area contributed by atoms with Gasteiger partial charge in [0.25, 0.3) is 0 Å². The highest BCUT2D eigenvalue weighted by Crippen LogP contribution is 2.18. The summed E-state index contributed by atoms with van der Waals surface area (Å²) >= 11 is 0. The third-order valence-corrected chi connectivity index (χ3v) is 2.53. The fourth-order valence-corrected chi connectivity index (χ4v) is 1.70. The van der Waals surface area contributed by atoms with E-state index in [1.165, 1.54) is 17.0 Å². The van der Waals surface area contributed by atoms with Crippen LogP contribution in [0.25, 0.3) is 0 Å². The summed E-state index contributed by atoms with van der Waals surface area (Å²) in [7, 11) is 0. The van der Waals surface area contributed by atoms with Crippen LogP contribution in [0.2, 0.25) is 0 Å². The summed E-state index contributed by atoms with van der Waals surface area (Å²) in [5.74, 6) is 0.254. The zero-order valence-electron chi connectivity index (χ0n) is 8.60. The lowest BCUT2D eigenvalue weighted by Crippen LogP contribution is -2.29. The number of amides is 1. The number of rotatable bonds is 2. The highest BCUT2D eigenvalue weighted by atomic mass is 19.1. The zero-order chi connectivity index (χ0) is 11.5. The number of likely N-dealkylation sites (tertiary alicyclic amines) is 1. The van der Waals surface area contributed by atoms with Crippen molar-refractivity contribution in [1.82, 2.24) is 4.90 Å². The highest BCUT2D eigenvalue weighted by Gasteiger charge is 2.27. The van der Waals surface area contributed by atoms with Gasteiger partial charge in [0.2, 0.25) is 0 Å². The van der Waals surface area contributed by atoms with Crippen molar-refractivity contribution in [3.05, 3.63) is 30.1 Å². The summed E-state index contributed by atoms with van der Waals surface area (Å²) in [6.07, 6.45) is -0.393. The second-order valence-corrected chi connectivity index (χ2v) is 3.71. The second-order valence-electron chi connectivity index (χ2n) is 3.71. The molecule has 1 fully saturated rings. The molecule has 0 spiro atoms. The summed E-state index contributed by atoms with van der Waals surface area (Å²) < 4.78 is 18.2. The van der Waals surface area contributed by atoms with Crippen molar-refractivity contribution in [2.24, 2.45) is 0 Å². The number of ether oxygens (including phenoxy) is 1. The molecule has 86 valence electrons. The van der Waals surface area contributed by atoms with Crippen molar-refractivity contribution < 1.29 is 19.0 Å². The number of nitrogens with zero attached hydrogens (tertiary/aromatic N) is 1. The lowest BCUT2D eigenvalue weighted by molar-refractivity contribution is 0.145. The van der Waals surface area contributed by atoms with Crippen molar-refractivity contribution in [3.8, 4) is 5.75 Å². The second kappa shape index (κ2) is 4.38. The molecule has 0 radical (unpaired) electrons. The van der Waals surface area contributed by atoms with Gasteiger partial charge in [0.05, 0.1) is 6.54 Å². The molecule has 1 saturated heterocycles. The van der Waals surface area contributed by atoms with Crippen molar-refractivity contribution in [3.63, 3.8) is 0 Å². The third kappa shape index (κ3) is 2.42. The van der Waals surface area contributed by atoms with Crippen LogP contribution >= 0.6 is 0 Å². The molecule has 0 aromatic heterocycles. The first-order valence-corrected chi connectivity index (χ1v) is 5.05. The van der Waals surface area contributed by atoms with Crippen molar-refractivity contribution >= 4 is 6.09 Å². The standard InChI is InChI=1S/C11H12FNO3/c12-8-1-3-9(4-2-8)16-10-5-6-13(7-10)11(14)15/h1-4,10H,5-7H2,(H,14,15). The van der Waals surface area contributed by atoms with Gasteiger partial charge in [-0.2, -0.15) is 0 Å². The fraction of sp³-hybridized carbons (Fsp3) is 0.364. The molecule has 1 aliphatic rings. The number of carbonyl (C=O) groups is 1. The summed E-state index contributed by atoms with van der Waals surface area (Å²) in [4.78, 5) is 12.0. The summed E-state index contributed by atoms with van der Waals surface area (Å²) in [5, 5.41) is 8.75. The first kappa shape index (κ1) is 10.7. The Hall–Kier alpha value is -1.78. The molecule has 1 aromatic carbocycles. The van der Waals surface area contributed by atoms with E-state index in [1.807, 2.05) is 0 Å². The average molecular weight is 225 g/mol. The largest absolute Gasteiger partial charge is 0.489 e. The van der Waals surface area contributed by atoms with Crippen LogP contribution in [-0.4, -0.2) is 35.3 Å². The number of halogens is 1. The number of hydrogen-bond acceptors (Lipinski definition) is 2. The molecule has 1 aliphatic heterocycles. The van der Waals surface area contributed by atoms with E-state index in [-0.39, 0.29) is 11.9 Å². The van der Waals surface area contributed by atoms with Crippen molar-refractivity contribution in [2.75, 3.05) is 13.1 Å². The SMILES string of the molecule is O=C(O)N1CCC(Oc2ccc(F)cc2)C1. The molecule has 16 heavy (non-hydrogen) atoms. The average Bonchev–Trinajstić information content (AvgIpc) is 2.70. The molecular weight excluding hydrogens is 213 g/mol. The van der Waals surface area contributed by atoms with Crippen LogP contribution in [0.15, 0.2) is 24.3 Å². The van der Waals surface area contributed by atoms with Gasteiger partial charge in [-0.15, -0.1) is 0 Å². The minimum atomic E-state index is -0.926. The Labute approximate surface area is 92.2 Å². The predicted molar refractivity (Wildman–Crippen MR) is 55.0 cm³/mol. The van der Waals surface area contributed by atoms with E-state index in [9.17, 15) is 9.18 Å². The molecular formula is C11H12FNO3. The number of hydrogen-bond donors (Lipinski definition) is 1. The summed E-state index contributed by atoms with van der Waals surface area (Å²) in [5.41, 5.74) is 0. The molecule has 5 heteroatoms. The van der Waals surface area contributed by atoms with E-state index >= 15 is 0 Å². The zero-order valence-corrected chi connectivity index (χ0v) is 8.60. The van der Waals surface area contributed by atoms with Crippen molar-refractivity contribution in [2.45, 2.75) is 12.5 Å². The van der Waals surface area contributed by atoms with Crippen LogP contribution in [0.3, 0.4) is 0 Å². The van der Waals surface area contributed by atoms with E-state index in [1.54, 1.807) is 12.1 Å². The Bertz CT molecular complexity index is 379. The van der Waals surface area contributed by atoms with Crippen LogP contribution in [0, 0.1) is 5.82 Å². The molecule has 1 unspecified atom stereocenters. The van der Waals surface area contributed by atoms with E-state index in [0.717, 1.165) is 0 Å². The lowest BCUT2D eigenvalue weighted by atomic mass is 10.3. The van der Waals surface area contributed by atoms with E-state index in [4.69, 9.17) is 9.84 Å². The quantitative estimate of drug-likeness (QED) is 0.837. The Balaban J connectivity index is 1.92. The first-order chi connectivity index (χ1) is 7.65. The normalized spacial score (nSPS) is 19.8. The maximum atomic E-state index is 12.6. The molecule has 1 amide bonds. The molecule has 1 N–H and O–H groups in total. The first-order valence-electron chi connectivity index (χ1n) is 5.05. The fourth-order valence-electron chi connectivity index (χ4n) is 1.70. The summed E-state index contributed by atoms with van der Waals surface area (Å²) in [6.45, 7) is 0.855. The van der Waals surface area contributed by atoms with E-state index < -0.39 is 6.09 Å². The monoisotopic (exact) mass is 225 g/mol. The van der Waals surface area contributed by atoms with Crippen LogP contribution in [0.4, 0.5) is 9.18 Å². The molecule has 1 aromatic rings. The predicted octanol–water partition coefficient (Wildman–Crippen LogP) is 1.96. The molecule has 1 atom stereocenters. The van der Waals surface area contributed by atoms with Gasteiger partial charge in [-0.1, -0.05) is 0 Å². The molecule has 1 heterocycles. The lowest BCUT2D eigenvalue weighted by Gasteiger charge is -2.14. The van der Waals surface area contributed by atoms with Gasteiger partial charge in [-0.05, 0) is 24.3 Å². The van der Waals surface area contributed by atoms with E-state index in [2.05, 4.69) is 0 Å². The highest BCUT2D eigenvalue weighted by molar-refractivity contribution is 5.65. The Kier molecular flexibility index (Phi) is 2.94. The smallest absolute Gasteiger partial charge is 0.407 e. The maximum absolute atomic E-state index is 12.6. The molecule has 0 saturated carbocycles. The maximum Gasteiger partial charge on any atom is 0.407 e. The summed E-state index contributed by atoms with van der Waals surface area (Å²) in [6, 6.07) is 5.72. The Morgan fingerprint density at radius 3 is 2.69 bits per heavy atom. The molecule has 0 bridgehead atoms. The molecule has 2 rings (SSSR count). The van der Waals surface area contributed by atoms with Crippen molar-refractivity contribution in [1.29, 1.82) is 0 Å². The van der Waals surface area contributed by atoms with E-state index in [0.29, 0.717) is 25.3 Å². The molecule has 4 nitrogen and oxygen atoms in total. The topological polar surface area (TPSA) is 49.8 Å². The Morgan fingerprint density at radius 2 is 2.12 bits per heavy atom. The van der Waals surface area contributed by atoms with Crippen LogP contribution in [0.5, 0.6) is 5.75 Å². The number of carboxylic acid groups (broad SMARTS) is 1. The van der Waals surface area contributed by atoms with Gasteiger partial charge < -0.3 is 14.7 Å². The van der Waals surface area contributed by atoms with Gasteiger partial charge in [-0.25, -0.2) is 9.18 Å². The van der Waals surface area contributed by atoms with Gasteiger partial charge >= 0.3 is 6.09 Å². The Morgan fingerprint density at radius 1 is 1.44 bits per heavy atom. The van der Waals surface area contributed by atoms with Crippen LogP contribution in [-0.2, 0) is 0 Å². The minimum Gasteiger partial charge on any atom is -0.489 e. The van der Waals surface area contributed by atoms with Gasteiger partial charge in [0, 0.05) is 13.0 Å². The van der Waals surface area contributed by atoms with Crippen LogP contribution in [0.1, 0.15) is 6.42 Å². The number of benzene rings is 1. The van der Waals surface area contributed by atoms with Gasteiger partial charge in [-0.3, -0.25) is 0 Å². The molecule has 0 aliphatic carbocycles. The van der Waals surface area contributed by atoms with Gasteiger partial charge in [0.15, 0.2) is 0 Å². The van der Waals surface area contributed by atoms with Gasteiger partial charge in [0.1, 0.15) is 17.7 Å². The minimum absolute atomic E-state index is 0.137.